The van der Waals surface area contributed by atoms with Crippen LogP contribution in [-0.4, -0.2) is 18.5 Å². The number of furan rings is 1. The van der Waals surface area contributed by atoms with E-state index in [0.29, 0.717) is 12.5 Å². The second kappa shape index (κ2) is 6.22. The van der Waals surface area contributed by atoms with Gasteiger partial charge in [0.2, 0.25) is 0 Å². The van der Waals surface area contributed by atoms with Crippen molar-refractivity contribution in [3.05, 3.63) is 35.6 Å². The highest BCUT2D eigenvalue weighted by atomic mass is 16.3. The molecular weight excluding hydrogens is 236 g/mol. The number of nitrogens with zero attached hydrogens (tertiary/aromatic N) is 1. The second-order valence-corrected chi connectivity index (χ2v) is 5.41. The van der Waals surface area contributed by atoms with E-state index in [9.17, 15) is 0 Å². The van der Waals surface area contributed by atoms with Gasteiger partial charge < -0.3 is 15.1 Å². The van der Waals surface area contributed by atoms with Crippen molar-refractivity contribution in [2.75, 3.05) is 13.6 Å². The number of rotatable bonds is 6. The third-order valence-electron chi connectivity index (χ3n) is 3.72. The molecule has 104 valence electrons. The molecule has 2 N–H and O–H groups in total. The van der Waals surface area contributed by atoms with Gasteiger partial charge >= 0.3 is 0 Å². The zero-order valence-corrected chi connectivity index (χ0v) is 12.1. The maximum atomic E-state index is 5.83. The maximum absolute atomic E-state index is 5.83. The molecule has 2 rings (SSSR count). The summed E-state index contributed by atoms with van der Waals surface area (Å²) >= 11 is 0. The van der Waals surface area contributed by atoms with E-state index >= 15 is 0 Å². The van der Waals surface area contributed by atoms with Crippen LogP contribution in [0.2, 0.25) is 0 Å². The van der Waals surface area contributed by atoms with Crippen LogP contribution in [0.4, 0.5) is 0 Å². The molecule has 1 aromatic carbocycles. The number of para-hydroxylation sites is 1. The van der Waals surface area contributed by atoms with Crippen LogP contribution in [0.5, 0.6) is 0 Å². The lowest BCUT2D eigenvalue weighted by Gasteiger charge is -2.20. The van der Waals surface area contributed by atoms with Crippen LogP contribution in [0.1, 0.15) is 31.6 Å². The number of hydrogen-bond acceptors (Lipinski definition) is 3. The number of hydrogen-bond donors (Lipinski definition) is 1. The first kappa shape index (κ1) is 14.1. The standard InChI is InChI=1S/C16H24N2O/c1-4-12(2)10-18(3)11-14-13-7-5-6-8-15(13)19-16(14)9-17/h5-8,12H,4,9-11,17H2,1-3H3. The molecule has 0 aliphatic carbocycles. The molecule has 0 aliphatic heterocycles. The van der Waals surface area contributed by atoms with Crippen molar-refractivity contribution in [3.63, 3.8) is 0 Å². The lowest BCUT2D eigenvalue weighted by atomic mass is 10.1. The van der Waals surface area contributed by atoms with E-state index in [1.807, 2.05) is 12.1 Å². The van der Waals surface area contributed by atoms with Crippen molar-refractivity contribution in [2.45, 2.75) is 33.4 Å². The average molecular weight is 260 g/mol. The van der Waals surface area contributed by atoms with E-state index in [1.54, 1.807) is 0 Å². The summed E-state index contributed by atoms with van der Waals surface area (Å²) in [7, 11) is 2.16. The van der Waals surface area contributed by atoms with E-state index in [1.165, 1.54) is 17.4 Å². The first-order valence-corrected chi connectivity index (χ1v) is 7.03. The molecule has 0 radical (unpaired) electrons. The molecule has 1 unspecified atom stereocenters. The Balaban J connectivity index is 2.23. The zero-order valence-electron chi connectivity index (χ0n) is 12.1. The highest BCUT2D eigenvalue weighted by molar-refractivity contribution is 5.82. The van der Waals surface area contributed by atoms with Gasteiger partial charge in [0, 0.05) is 24.0 Å². The largest absolute Gasteiger partial charge is 0.459 e. The molecule has 0 saturated carbocycles. The Bertz CT molecular complexity index is 533. The lowest BCUT2D eigenvalue weighted by molar-refractivity contribution is 0.274. The first-order valence-electron chi connectivity index (χ1n) is 7.03. The van der Waals surface area contributed by atoms with Gasteiger partial charge in [0.1, 0.15) is 11.3 Å². The van der Waals surface area contributed by atoms with E-state index in [-0.39, 0.29) is 0 Å². The zero-order chi connectivity index (χ0) is 13.8. The van der Waals surface area contributed by atoms with Crippen molar-refractivity contribution in [2.24, 2.45) is 11.7 Å². The van der Waals surface area contributed by atoms with Gasteiger partial charge in [0.25, 0.3) is 0 Å². The molecule has 19 heavy (non-hydrogen) atoms. The van der Waals surface area contributed by atoms with Crippen LogP contribution in [-0.2, 0) is 13.1 Å². The Labute approximate surface area is 115 Å². The summed E-state index contributed by atoms with van der Waals surface area (Å²) in [5, 5.41) is 1.19. The van der Waals surface area contributed by atoms with Crippen LogP contribution < -0.4 is 5.73 Å². The molecule has 0 aliphatic rings. The molecule has 1 atom stereocenters. The van der Waals surface area contributed by atoms with Gasteiger partial charge in [0.15, 0.2) is 0 Å². The topological polar surface area (TPSA) is 42.4 Å². The SMILES string of the molecule is CCC(C)CN(C)Cc1c(CN)oc2ccccc12. The van der Waals surface area contributed by atoms with Gasteiger partial charge in [-0.2, -0.15) is 0 Å². The highest BCUT2D eigenvalue weighted by Gasteiger charge is 2.15. The lowest BCUT2D eigenvalue weighted by Crippen LogP contribution is -2.24. The summed E-state index contributed by atoms with van der Waals surface area (Å²) in [5.41, 5.74) is 7.98. The van der Waals surface area contributed by atoms with Crippen molar-refractivity contribution < 1.29 is 4.42 Å². The number of fused-ring (bicyclic) bond motifs is 1. The summed E-state index contributed by atoms with van der Waals surface area (Å²) < 4.78 is 5.83. The van der Waals surface area contributed by atoms with Gasteiger partial charge in [-0.1, -0.05) is 38.5 Å². The summed E-state index contributed by atoms with van der Waals surface area (Å²) in [6.45, 7) is 6.97. The van der Waals surface area contributed by atoms with E-state index < -0.39 is 0 Å². The monoisotopic (exact) mass is 260 g/mol. The molecule has 0 amide bonds. The highest BCUT2D eigenvalue weighted by Crippen LogP contribution is 2.26. The molecule has 2 aromatic rings. The Morgan fingerprint density at radius 1 is 1.32 bits per heavy atom. The van der Waals surface area contributed by atoms with Gasteiger partial charge in [-0.05, 0) is 19.0 Å². The van der Waals surface area contributed by atoms with Crippen LogP contribution in [0, 0.1) is 5.92 Å². The molecule has 0 spiro atoms. The fraction of sp³-hybridized carbons (Fsp3) is 0.500. The van der Waals surface area contributed by atoms with E-state index in [0.717, 1.165) is 24.4 Å². The number of nitrogens with two attached hydrogens (primary N) is 1. The minimum Gasteiger partial charge on any atom is -0.459 e. The normalized spacial score (nSPS) is 13.3. The molecule has 1 aromatic heterocycles. The smallest absolute Gasteiger partial charge is 0.134 e. The summed E-state index contributed by atoms with van der Waals surface area (Å²) in [4.78, 5) is 2.35. The third kappa shape index (κ3) is 3.17. The Morgan fingerprint density at radius 3 is 2.74 bits per heavy atom. The van der Waals surface area contributed by atoms with E-state index in [2.05, 4.69) is 37.9 Å². The molecule has 3 nitrogen and oxygen atoms in total. The average Bonchev–Trinajstić information content (AvgIpc) is 2.76. The molecule has 1 heterocycles. The summed E-state index contributed by atoms with van der Waals surface area (Å²) in [6, 6.07) is 8.17. The van der Waals surface area contributed by atoms with Crippen molar-refractivity contribution >= 4 is 11.0 Å². The van der Waals surface area contributed by atoms with E-state index in [4.69, 9.17) is 10.2 Å². The molecule has 0 fully saturated rings. The van der Waals surface area contributed by atoms with Crippen LogP contribution in [0.25, 0.3) is 11.0 Å². The maximum Gasteiger partial charge on any atom is 0.134 e. The van der Waals surface area contributed by atoms with Crippen molar-refractivity contribution in [1.82, 2.24) is 4.90 Å². The van der Waals surface area contributed by atoms with Crippen molar-refractivity contribution in [1.29, 1.82) is 0 Å². The molecule has 0 bridgehead atoms. The fourth-order valence-electron chi connectivity index (χ4n) is 2.48. The third-order valence-corrected chi connectivity index (χ3v) is 3.72. The van der Waals surface area contributed by atoms with Crippen LogP contribution >= 0.6 is 0 Å². The van der Waals surface area contributed by atoms with Gasteiger partial charge in [-0.15, -0.1) is 0 Å². The fourth-order valence-corrected chi connectivity index (χ4v) is 2.48. The minimum atomic E-state index is 0.460. The molecule has 0 saturated heterocycles. The Hall–Kier alpha value is -1.32. The molecule has 3 heteroatoms. The van der Waals surface area contributed by atoms with Crippen molar-refractivity contribution in [3.8, 4) is 0 Å². The minimum absolute atomic E-state index is 0.460. The first-order chi connectivity index (χ1) is 9.15. The Morgan fingerprint density at radius 2 is 2.05 bits per heavy atom. The van der Waals surface area contributed by atoms with Crippen LogP contribution in [0.3, 0.4) is 0 Å². The Kier molecular flexibility index (Phi) is 4.61. The van der Waals surface area contributed by atoms with Gasteiger partial charge in [-0.25, -0.2) is 0 Å². The quantitative estimate of drug-likeness (QED) is 0.866. The van der Waals surface area contributed by atoms with Crippen LogP contribution in [0.15, 0.2) is 28.7 Å². The summed E-state index contributed by atoms with van der Waals surface area (Å²) in [6.07, 6.45) is 1.21. The predicted molar refractivity (Wildman–Crippen MR) is 79.9 cm³/mol. The summed E-state index contributed by atoms with van der Waals surface area (Å²) in [5.74, 6) is 1.63. The van der Waals surface area contributed by atoms with Gasteiger partial charge in [-0.3, -0.25) is 0 Å². The number of benzene rings is 1. The molecular formula is C16H24N2O. The second-order valence-electron chi connectivity index (χ2n) is 5.41. The predicted octanol–water partition coefficient (Wildman–Crippen LogP) is 3.37. The van der Waals surface area contributed by atoms with Gasteiger partial charge in [0.05, 0.1) is 6.54 Å².